The van der Waals surface area contributed by atoms with Crippen LogP contribution in [0.1, 0.15) is 31.2 Å². The molecule has 0 aromatic heterocycles. The molecular weight excluding hydrogens is 292 g/mol. The van der Waals surface area contributed by atoms with Gasteiger partial charge in [0.2, 0.25) is 6.08 Å². The van der Waals surface area contributed by atoms with Crippen molar-refractivity contribution in [1.29, 1.82) is 0 Å². The molecule has 1 aromatic carbocycles. The standard InChI is InChI=1S/C12H10BrF2NO/c13-11-9(5-8(14)6-10(11)15)12(16-7-17)3-1-2-4-12/h5-6H,1-4H2. The second-order valence-electron chi connectivity index (χ2n) is 4.19. The van der Waals surface area contributed by atoms with Gasteiger partial charge in [-0.25, -0.2) is 13.6 Å². The largest absolute Gasteiger partial charge is 0.235 e. The Morgan fingerprint density at radius 3 is 2.53 bits per heavy atom. The lowest BCUT2D eigenvalue weighted by atomic mass is 9.89. The average molecular weight is 302 g/mol. The first-order chi connectivity index (χ1) is 8.09. The summed E-state index contributed by atoms with van der Waals surface area (Å²) in [4.78, 5) is 14.3. The molecule has 0 aliphatic heterocycles. The molecular formula is C12H10BrF2NO. The van der Waals surface area contributed by atoms with Gasteiger partial charge in [-0.2, -0.15) is 4.99 Å². The van der Waals surface area contributed by atoms with E-state index in [0.29, 0.717) is 18.4 Å². The monoisotopic (exact) mass is 301 g/mol. The number of nitrogens with zero attached hydrogens (tertiary/aromatic N) is 1. The van der Waals surface area contributed by atoms with Gasteiger partial charge in [0.1, 0.15) is 11.6 Å². The van der Waals surface area contributed by atoms with E-state index in [1.54, 1.807) is 0 Å². The molecule has 0 atom stereocenters. The van der Waals surface area contributed by atoms with Crippen LogP contribution in [0.5, 0.6) is 0 Å². The van der Waals surface area contributed by atoms with Crippen LogP contribution in [-0.4, -0.2) is 6.08 Å². The topological polar surface area (TPSA) is 29.4 Å². The molecule has 0 amide bonds. The van der Waals surface area contributed by atoms with Crippen molar-refractivity contribution >= 4 is 22.0 Å². The summed E-state index contributed by atoms with van der Waals surface area (Å²) in [5.74, 6) is -1.33. The molecule has 1 saturated carbocycles. The van der Waals surface area contributed by atoms with E-state index in [-0.39, 0.29) is 4.47 Å². The molecule has 5 heteroatoms. The minimum atomic E-state index is -0.816. The van der Waals surface area contributed by atoms with E-state index in [1.165, 1.54) is 12.1 Å². The molecule has 1 aliphatic rings. The number of aliphatic imine (C=N–C) groups is 1. The lowest BCUT2D eigenvalue weighted by Crippen LogP contribution is -2.20. The van der Waals surface area contributed by atoms with Gasteiger partial charge >= 0.3 is 0 Å². The Bertz CT molecular complexity index is 492. The van der Waals surface area contributed by atoms with E-state index < -0.39 is 17.2 Å². The van der Waals surface area contributed by atoms with Gasteiger partial charge in [0.25, 0.3) is 0 Å². The van der Waals surface area contributed by atoms with Gasteiger partial charge in [0.15, 0.2) is 0 Å². The molecule has 1 aliphatic carbocycles. The fourth-order valence-electron chi connectivity index (χ4n) is 2.38. The average Bonchev–Trinajstić information content (AvgIpc) is 2.73. The molecule has 1 aromatic rings. The second-order valence-corrected chi connectivity index (χ2v) is 4.98. The van der Waals surface area contributed by atoms with Gasteiger partial charge in [0.05, 0.1) is 10.0 Å². The van der Waals surface area contributed by atoms with Crippen LogP contribution in [0.15, 0.2) is 21.6 Å². The van der Waals surface area contributed by atoms with E-state index in [4.69, 9.17) is 0 Å². The predicted molar refractivity (Wildman–Crippen MR) is 62.3 cm³/mol. The molecule has 2 nitrogen and oxygen atoms in total. The van der Waals surface area contributed by atoms with Crippen LogP contribution in [-0.2, 0) is 10.3 Å². The quantitative estimate of drug-likeness (QED) is 0.464. The molecule has 0 spiro atoms. The van der Waals surface area contributed by atoms with Crippen molar-refractivity contribution in [3.8, 4) is 0 Å². The van der Waals surface area contributed by atoms with Crippen LogP contribution < -0.4 is 0 Å². The minimum Gasteiger partial charge on any atom is -0.211 e. The zero-order chi connectivity index (χ0) is 12.5. The van der Waals surface area contributed by atoms with Crippen LogP contribution in [0.3, 0.4) is 0 Å². The summed E-state index contributed by atoms with van der Waals surface area (Å²) >= 11 is 3.10. The first kappa shape index (κ1) is 12.4. The lowest BCUT2D eigenvalue weighted by molar-refractivity contribution is 0.444. The maximum Gasteiger partial charge on any atom is 0.235 e. The highest BCUT2D eigenvalue weighted by atomic mass is 79.9. The summed E-state index contributed by atoms with van der Waals surface area (Å²) < 4.78 is 26.9. The van der Waals surface area contributed by atoms with E-state index in [9.17, 15) is 13.6 Å². The van der Waals surface area contributed by atoms with Gasteiger partial charge < -0.3 is 0 Å². The molecule has 0 unspecified atom stereocenters. The van der Waals surface area contributed by atoms with Crippen LogP contribution in [0.25, 0.3) is 0 Å². The van der Waals surface area contributed by atoms with Crippen molar-refractivity contribution in [3.63, 3.8) is 0 Å². The van der Waals surface area contributed by atoms with Crippen LogP contribution in [0, 0.1) is 11.6 Å². The lowest BCUT2D eigenvalue weighted by Gasteiger charge is -2.24. The fraction of sp³-hybridized carbons (Fsp3) is 0.417. The summed E-state index contributed by atoms with van der Waals surface area (Å²) in [7, 11) is 0. The molecule has 0 N–H and O–H groups in total. The van der Waals surface area contributed by atoms with Crippen molar-refractivity contribution in [2.45, 2.75) is 31.2 Å². The number of hydrogen-bond acceptors (Lipinski definition) is 2. The van der Waals surface area contributed by atoms with Gasteiger partial charge in [0, 0.05) is 11.6 Å². The smallest absolute Gasteiger partial charge is 0.211 e. The fourth-order valence-corrected chi connectivity index (χ4v) is 2.98. The van der Waals surface area contributed by atoms with Gasteiger partial charge in [-0.3, -0.25) is 0 Å². The van der Waals surface area contributed by atoms with Crippen LogP contribution >= 0.6 is 15.9 Å². The molecule has 0 radical (unpaired) electrons. The van der Waals surface area contributed by atoms with Crippen molar-refractivity contribution in [1.82, 2.24) is 0 Å². The Balaban J connectivity index is 2.61. The number of isocyanates is 1. The summed E-state index contributed by atoms with van der Waals surface area (Å²) in [6.45, 7) is 0. The maximum absolute atomic E-state index is 13.5. The van der Waals surface area contributed by atoms with Gasteiger partial charge in [-0.1, -0.05) is 12.8 Å². The first-order valence-corrected chi connectivity index (χ1v) is 6.12. The summed E-state index contributed by atoms with van der Waals surface area (Å²) in [6.07, 6.45) is 4.52. The minimum absolute atomic E-state index is 0.180. The van der Waals surface area contributed by atoms with Crippen molar-refractivity contribution in [3.05, 3.63) is 33.8 Å². The molecule has 1 fully saturated rings. The molecule has 0 heterocycles. The number of hydrogen-bond donors (Lipinski definition) is 0. The molecule has 2 rings (SSSR count). The molecule has 0 saturated heterocycles. The maximum atomic E-state index is 13.5. The second kappa shape index (κ2) is 4.67. The highest BCUT2D eigenvalue weighted by Crippen LogP contribution is 2.45. The van der Waals surface area contributed by atoms with Crippen LogP contribution in [0.4, 0.5) is 8.78 Å². The summed E-state index contributed by atoms with van der Waals surface area (Å²) in [5, 5.41) is 0. The Kier molecular flexibility index (Phi) is 3.40. The Labute approximate surface area is 106 Å². The molecule has 0 bridgehead atoms. The third-order valence-corrected chi connectivity index (χ3v) is 3.99. The van der Waals surface area contributed by atoms with Crippen LogP contribution in [0.2, 0.25) is 0 Å². The van der Waals surface area contributed by atoms with E-state index >= 15 is 0 Å². The number of carbonyl (C=O) groups excluding carboxylic acids is 1. The zero-order valence-electron chi connectivity index (χ0n) is 8.97. The first-order valence-electron chi connectivity index (χ1n) is 5.33. The summed E-state index contributed by atoms with van der Waals surface area (Å²) in [6, 6.07) is 2.04. The van der Waals surface area contributed by atoms with E-state index in [1.807, 2.05) is 0 Å². The SMILES string of the molecule is O=C=NC1(c2cc(F)cc(F)c2Br)CCCC1. The van der Waals surface area contributed by atoms with Gasteiger partial charge in [-0.15, -0.1) is 0 Å². The van der Waals surface area contributed by atoms with Crippen molar-refractivity contribution < 1.29 is 13.6 Å². The number of halogens is 3. The summed E-state index contributed by atoms with van der Waals surface area (Å²) in [5.41, 5.74) is -0.417. The normalized spacial score (nSPS) is 17.8. The zero-order valence-corrected chi connectivity index (χ0v) is 10.6. The Morgan fingerprint density at radius 1 is 1.29 bits per heavy atom. The number of rotatable bonds is 2. The number of benzene rings is 1. The van der Waals surface area contributed by atoms with Crippen molar-refractivity contribution in [2.24, 2.45) is 4.99 Å². The van der Waals surface area contributed by atoms with E-state index in [0.717, 1.165) is 18.9 Å². The molecule has 17 heavy (non-hydrogen) atoms. The Hall–Kier alpha value is -1.06. The highest BCUT2D eigenvalue weighted by Gasteiger charge is 2.38. The third-order valence-electron chi connectivity index (χ3n) is 3.18. The highest BCUT2D eigenvalue weighted by molar-refractivity contribution is 9.10. The van der Waals surface area contributed by atoms with E-state index in [2.05, 4.69) is 20.9 Å². The van der Waals surface area contributed by atoms with Gasteiger partial charge in [-0.05, 0) is 34.8 Å². The molecule has 90 valence electrons. The van der Waals surface area contributed by atoms with Crippen molar-refractivity contribution in [2.75, 3.05) is 0 Å². The predicted octanol–water partition coefficient (Wildman–Crippen LogP) is 3.83. The Morgan fingerprint density at radius 2 is 1.94 bits per heavy atom. The third kappa shape index (κ3) is 2.17.